The Labute approximate surface area is 145 Å². The zero-order chi connectivity index (χ0) is 17.7. The Kier molecular flexibility index (Phi) is 5.13. The number of aliphatic hydroxyl groups is 1. The van der Waals surface area contributed by atoms with E-state index in [1.54, 1.807) is 24.5 Å². The molecule has 9 nitrogen and oxygen atoms in total. The first-order chi connectivity index (χ1) is 12.1. The number of nitrogens with zero attached hydrogens (tertiary/aromatic N) is 4. The van der Waals surface area contributed by atoms with Gasteiger partial charge < -0.3 is 24.6 Å². The standard InChI is InChI=1S/C16H21N5O4/c1-24-14-9-12(25-20-14)3-4-13(22)19-10-16(23)5-8-21(11-16)15-17-6-2-7-18-15/h2,6-7,9,23H,3-5,8,10-11H2,1H3,(H,19,22). The van der Waals surface area contributed by atoms with Crippen LogP contribution in [0.15, 0.2) is 29.0 Å². The van der Waals surface area contributed by atoms with Crippen LogP contribution in [-0.2, 0) is 11.2 Å². The van der Waals surface area contributed by atoms with E-state index in [1.165, 1.54) is 7.11 Å². The first-order valence-electron chi connectivity index (χ1n) is 8.09. The Balaban J connectivity index is 1.44. The van der Waals surface area contributed by atoms with Crippen molar-refractivity contribution in [2.45, 2.75) is 24.9 Å². The van der Waals surface area contributed by atoms with Crippen LogP contribution in [0.25, 0.3) is 0 Å². The van der Waals surface area contributed by atoms with Crippen molar-refractivity contribution in [2.75, 3.05) is 31.6 Å². The van der Waals surface area contributed by atoms with Gasteiger partial charge in [-0.25, -0.2) is 9.97 Å². The molecule has 1 saturated heterocycles. The van der Waals surface area contributed by atoms with Crippen LogP contribution in [0, 0.1) is 0 Å². The second-order valence-corrected chi connectivity index (χ2v) is 6.06. The number of hydrogen-bond donors (Lipinski definition) is 2. The number of anilines is 1. The number of amides is 1. The molecule has 1 amide bonds. The lowest BCUT2D eigenvalue weighted by Gasteiger charge is -2.23. The fourth-order valence-electron chi connectivity index (χ4n) is 2.72. The first-order valence-corrected chi connectivity index (χ1v) is 8.09. The zero-order valence-corrected chi connectivity index (χ0v) is 14.0. The van der Waals surface area contributed by atoms with Crippen molar-refractivity contribution in [1.82, 2.24) is 20.4 Å². The fraction of sp³-hybridized carbons (Fsp3) is 0.500. The number of hydrogen-bond acceptors (Lipinski definition) is 8. The van der Waals surface area contributed by atoms with E-state index in [0.29, 0.717) is 43.5 Å². The van der Waals surface area contributed by atoms with Crippen LogP contribution in [0.2, 0.25) is 0 Å². The number of ether oxygens (including phenoxy) is 1. The summed E-state index contributed by atoms with van der Waals surface area (Å²) in [7, 11) is 1.50. The quantitative estimate of drug-likeness (QED) is 0.728. The van der Waals surface area contributed by atoms with Gasteiger partial charge in [0, 0.05) is 44.4 Å². The molecule has 1 atom stereocenters. The molecule has 2 aromatic heterocycles. The lowest BCUT2D eigenvalue weighted by molar-refractivity contribution is -0.122. The molecule has 3 heterocycles. The first kappa shape index (κ1) is 17.2. The second-order valence-electron chi connectivity index (χ2n) is 6.06. The Morgan fingerprint density at radius 1 is 1.48 bits per heavy atom. The van der Waals surface area contributed by atoms with Crippen LogP contribution >= 0.6 is 0 Å². The number of nitrogens with one attached hydrogen (secondary N) is 1. The molecule has 0 saturated carbocycles. The van der Waals surface area contributed by atoms with Crippen LogP contribution in [0.1, 0.15) is 18.6 Å². The smallest absolute Gasteiger partial charge is 0.254 e. The third-order valence-electron chi connectivity index (χ3n) is 4.13. The van der Waals surface area contributed by atoms with Gasteiger partial charge in [0.2, 0.25) is 11.9 Å². The van der Waals surface area contributed by atoms with E-state index in [4.69, 9.17) is 9.26 Å². The van der Waals surface area contributed by atoms with Crippen LogP contribution in [0.4, 0.5) is 5.95 Å². The van der Waals surface area contributed by atoms with Gasteiger partial charge in [0.1, 0.15) is 11.4 Å². The summed E-state index contributed by atoms with van der Waals surface area (Å²) < 4.78 is 9.96. The van der Waals surface area contributed by atoms with Crippen molar-refractivity contribution in [2.24, 2.45) is 0 Å². The molecule has 1 aliphatic rings. The van der Waals surface area contributed by atoms with Gasteiger partial charge >= 0.3 is 0 Å². The molecular weight excluding hydrogens is 326 g/mol. The summed E-state index contributed by atoms with van der Waals surface area (Å²) in [6, 6.07) is 3.39. The molecule has 1 aliphatic heterocycles. The van der Waals surface area contributed by atoms with Crippen molar-refractivity contribution < 1.29 is 19.2 Å². The fourth-order valence-corrected chi connectivity index (χ4v) is 2.72. The average molecular weight is 347 g/mol. The van der Waals surface area contributed by atoms with Gasteiger partial charge in [-0.15, -0.1) is 0 Å². The number of rotatable bonds is 7. The van der Waals surface area contributed by atoms with Crippen LogP contribution in [-0.4, -0.2) is 58.5 Å². The molecule has 9 heteroatoms. The predicted octanol–water partition coefficient (Wildman–Crippen LogP) is 0.163. The van der Waals surface area contributed by atoms with Crippen molar-refractivity contribution >= 4 is 11.9 Å². The van der Waals surface area contributed by atoms with E-state index in [1.807, 2.05) is 4.90 Å². The van der Waals surface area contributed by atoms with Gasteiger partial charge in [-0.2, -0.15) is 0 Å². The highest BCUT2D eigenvalue weighted by molar-refractivity contribution is 5.76. The number of aromatic nitrogens is 3. The van der Waals surface area contributed by atoms with Crippen LogP contribution < -0.4 is 15.0 Å². The molecule has 0 radical (unpaired) electrons. The summed E-state index contributed by atoms with van der Waals surface area (Å²) in [4.78, 5) is 22.3. The number of β-amino-alcohol motifs (C(OH)–C–C–N with tert-alkyl or cyclic N) is 1. The summed E-state index contributed by atoms with van der Waals surface area (Å²) in [6.07, 6.45) is 4.55. The molecule has 0 aliphatic carbocycles. The minimum absolute atomic E-state index is 0.154. The minimum atomic E-state index is -0.982. The Bertz CT molecular complexity index is 708. The lowest BCUT2D eigenvalue weighted by Crippen LogP contribution is -2.45. The molecular formula is C16H21N5O4. The second kappa shape index (κ2) is 7.47. The largest absolute Gasteiger partial charge is 0.479 e. The Morgan fingerprint density at radius 2 is 2.28 bits per heavy atom. The predicted molar refractivity (Wildman–Crippen MR) is 88.2 cm³/mol. The average Bonchev–Trinajstić information content (AvgIpc) is 3.26. The highest BCUT2D eigenvalue weighted by Gasteiger charge is 2.37. The van der Waals surface area contributed by atoms with Crippen molar-refractivity contribution in [3.05, 3.63) is 30.3 Å². The van der Waals surface area contributed by atoms with Crippen molar-refractivity contribution in [3.63, 3.8) is 0 Å². The summed E-state index contributed by atoms with van der Waals surface area (Å²) in [5, 5.41) is 17.1. The number of carbonyl (C=O) groups is 1. The molecule has 2 aromatic rings. The van der Waals surface area contributed by atoms with E-state index < -0.39 is 5.60 Å². The third-order valence-corrected chi connectivity index (χ3v) is 4.13. The van der Waals surface area contributed by atoms with E-state index in [2.05, 4.69) is 20.4 Å². The van der Waals surface area contributed by atoms with Gasteiger partial charge in [-0.05, 0) is 17.6 Å². The molecule has 134 valence electrons. The summed E-state index contributed by atoms with van der Waals surface area (Å²) in [5.74, 6) is 1.40. The molecule has 2 N–H and O–H groups in total. The summed E-state index contributed by atoms with van der Waals surface area (Å²) in [5.41, 5.74) is -0.982. The Morgan fingerprint density at radius 3 is 3.00 bits per heavy atom. The van der Waals surface area contributed by atoms with Gasteiger partial charge in [0.25, 0.3) is 5.88 Å². The molecule has 0 spiro atoms. The highest BCUT2D eigenvalue weighted by atomic mass is 16.5. The molecule has 0 aromatic carbocycles. The highest BCUT2D eigenvalue weighted by Crippen LogP contribution is 2.23. The zero-order valence-electron chi connectivity index (χ0n) is 14.0. The number of carbonyl (C=O) groups excluding carboxylic acids is 1. The number of methoxy groups -OCH3 is 1. The minimum Gasteiger partial charge on any atom is -0.479 e. The van der Waals surface area contributed by atoms with Gasteiger partial charge in [-0.1, -0.05) is 0 Å². The molecule has 3 rings (SSSR count). The maximum Gasteiger partial charge on any atom is 0.254 e. The van der Waals surface area contributed by atoms with Gasteiger partial charge in [0.15, 0.2) is 0 Å². The van der Waals surface area contributed by atoms with Gasteiger partial charge in [0.05, 0.1) is 13.7 Å². The lowest BCUT2D eigenvalue weighted by atomic mass is 10.0. The maximum atomic E-state index is 12.0. The topological polar surface area (TPSA) is 114 Å². The third kappa shape index (κ3) is 4.44. The molecule has 1 fully saturated rings. The molecule has 0 bridgehead atoms. The maximum absolute atomic E-state index is 12.0. The van der Waals surface area contributed by atoms with Crippen LogP contribution in [0.5, 0.6) is 5.88 Å². The SMILES string of the molecule is COc1cc(CCC(=O)NCC2(O)CCN(c3ncccn3)C2)on1. The molecule has 1 unspecified atom stereocenters. The van der Waals surface area contributed by atoms with E-state index in [9.17, 15) is 9.90 Å². The van der Waals surface area contributed by atoms with Crippen molar-refractivity contribution in [3.8, 4) is 5.88 Å². The van der Waals surface area contributed by atoms with Crippen LogP contribution in [0.3, 0.4) is 0 Å². The summed E-state index contributed by atoms with van der Waals surface area (Å²) in [6.45, 7) is 1.22. The normalized spacial score (nSPS) is 19.8. The van der Waals surface area contributed by atoms with E-state index in [0.717, 1.165) is 0 Å². The van der Waals surface area contributed by atoms with Crippen molar-refractivity contribution in [1.29, 1.82) is 0 Å². The van der Waals surface area contributed by atoms with E-state index in [-0.39, 0.29) is 18.9 Å². The number of aryl methyl sites for hydroxylation is 1. The van der Waals surface area contributed by atoms with Gasteiger partial charge in [-0.3, -0.25) is 4.79 Å². The monoisotopic (exact) mass is 347 g/mol. The Hall–Kier alpha value is -2.68. The summed E-state index contributed by atoms with van der Waals surface area (Å²) >= 11 is 0. The van der Waals surface area contributed by atoms with E-state index >= 15 is 0 Å². The molecule has 25 heavy (non-hydrogen) atoms.